The SMILES string of the molecule is CC1(NC(=O)NC(CC(=O)O)c2ccccc2)CCOC1. The molecular weight excluding hydrogens is 272 g/mol. The molecule has 21 heavy (non-hydrogen) atoms. The van der Waals surface area contributed by atoms with Crippen molar-refractivity contribution in [3.8, 4) is 0 Å². The van der Waals surface area contributed by atoms with E-state index in [0.29, 0.717) is 13.2 Å². The van der Waals surface area contributed by atoms with E-state index in [1.807, 2.05) is 25.1 Å². The Kier molecular flexibility index (Phi) is 4.80. The number of nitrogens with one attached hydrogen (secondary N) is 2. The van der Waals surface area contributed by atoms with Gasteiger partial charge in [-0.3, -0.25) is 4.79 Å². The minimum atomic E-state index is -0.959. The van der Waals surface area contributed by atoms with Crippen molar-refractivity contribution in [3.63, 3.8) is 0 Å². The van der Waals surface area contributed by atoms with Crippen LogP contribution in [-0.2, 0) is 9.53 Å². The zero-order valence-electron chi connectivity index (χ0n) is 12.0. The fourth-order valence-electron chi connectivity index (χ4n) is 2.35. The van der Waals surface area contributed by atoms with Crippen molar-refractivity contribution in [2.45, 2.75) is 31.3 Å². The van der Waals surface area contributed by atoms with Crippen molar-refractivity contribution >= 4 is 12.0 Å². The Hall–Kier alpha value is -2.08. The van der Waals surface area contributed by atoms with E-state index in [-0.39, 0.29) is 12.5 Å². The first-order valence-electron chi connectivity index (χ1n) is 6.92. The second kappa shape index (κ2) is 6.58. The standard InChI is InChI=1S/C15H20N2O4/c1-15(7-8-21-10-15)17-14(20)16-12(9-13(18)19)11-5-3-2-4-6-11/h2-6,12H,7-10H2,1H3,(H,18,19)(H2,16,17,20). The van der Waals surface area contributed by atoms with E-state index in [1.165, 1.54) is 0 Å². The average Bonchev–Trinajstić information content (AvgIpc) is 2.84. The molecule has 0 aliphatic carbocycles. The first kappa shape index (κ1) is 15.3. The van der Waals surface area contributed by atoms with E-state index in [1.54, 1.807) is 12.1 Å². The van der Waals surface area contributed by atoms with E-state index in [9.17, 15) is 9.59 Å². The molecule has 0 radical (unpaired) electrons. The lowest BCUT2D eigenvalue weighted by atomic mass is 10.0. The zero-order valence-corrected chi connectivity index (χ0v) is 12.0. The van der Waals surface area contributed by atoms with Crippen LogP contribution in [0, 0.1) is 0 Å². The topological polar surface area (TPSA) is 87.7 Å². The molecule has 1 aromatic carbocycles. The molecule has 2 atom stereocenters. The van der Waals surface area contributed by atoms with Crippen molar-refractivity contribution in [2.75, 3.05) is 13.2 Å². The Morgan fingerprint density at radius 2 is 2.10 bits per heavy atom. The summed E-state index contributed by atoms with van der Waals surface area (Å²) in [6, 6.07) is 8.14. The molecule has 3 N–H and O–H groups in total. The largest absolute Gasteiger partial charge is 0.481 e. The lowest BCUT2D eigenvalue weighted by molar-refractivity contribution is -0.137. The van der Waals surface area contributed by atoms with Gasteiger partial charge in [0.05, 0.1) is 24.6 Å². The van der Waals surface area contributed by atoms with Crippen LogP contribution in [0.25, 0.3) is 0 Å². The highest BCUT2D eigenvalue weighted by Gasteiger charge is 2.32. The number of carboxylic acids is 1. The molecule has 1 fully saturated rings. The van der Waals surface area contributed by atoms with Crippen molar-refractivity contribution in [1.29, 1.82) is 0 Å². The van der Waals surface area contributed by atoms with Crippen LogP contribution in [0.5, 0.6) is 0 Å². The fourth-order valence-corrected chi connectivity index (χ4v) is 2.35. The minimum absolute atomic E-state index is 0.162. The summed E-state index contributed by atoms with van der Waals surface area (Å²) in [7, 11) is 0. The van der Waals surface area contributed by atoms with Gasteiger partial charge < -0.3 is 20.5 Å². The van der Waals surface area contributed by atoms with Crippen molar-refractivity contribution in [1.82, 2.24) is 10.6 Å². The number of amides is 2. The monoisotopic (exact) mass is 292 g/mol. The number of carbonyl (C=O) groups excluding carboxylic acids is 1. The summed E-state index contributed by atoms with van der Waals surface area (Å²) in [4.78, 5) is 23.1. The van der Waals surface area contributed by atoms with Crippen LogP contribution in [0.3, 0.4) is 0 Å². The number of ether oxygens (including phenoxy) is 1. The van der Waals surface area contributed by atoms with E-state index in [2.05, 4.69) is 10.6 Å². The number of urea groups is 1. The number of hydrogen-bond acceptors (Lipinski definition) is 3. The number of benzene rings is 1. The van der Waals surface area contributed by atoms with Crippen LogP contribution in [0.2, 0.25) is 0 Å². The molecule has 0 spiro atoms. The van der Waals surface area contributed by atoms with Crippen LogP contribution < -0.4 is 10.6 Å². The highest BCUT2D eigenvalue weighted by Crippen LogP contribution is 2.19. The molecule has 2 amide bonds. The predicted molar refractivity (Wildman–Crippen MR) is 76.9 cm³/mol. The summed E-state index contributed by atoms with van der Waals surface area (Å²) >= 11 is 0. The maximum Gasteiger partial charge on any atom is 0.315 e. The summed E-state index contributed by atoms with van der Waals surface area (Å²) in [5.41, 5.74) is 0.372. The fraction of sp³-hybridized carbons (Fsp3) is 0.467. The van der Waals surface area contributed by atoms with Gasteiger partial charge in [-0.15, -0.1) is 0 Å². The van der Waals surface area contributed by atoms with Gasteiger partial charge in [0.2, 0.25) is 0 Å². The van der Waals surface area contributed by atoms with Crippen molar-refractivity contribution in [3.05, 3.63) is 35.9 Å². The number of rotatable bonds is 5. The normalized spacial score (nSPS) is 22.5. The van der Waals surface area contributed by atoms with Gasteiger partial charge in [0.25, 0.3) is 0 Å². The molecular formula is C15H20N2O4. The van der Waals surface area contributed by atoms with Gasteiger partial charge in [0.1, 0.15) is 0 Å². The van der Waals surface area contributed by atoms with Gasteiger partial charge in [-0.05, 0) is 18.9 Å². The zero-order chi connectivity index (χ0) is 15.3. The van der Waals surface area contributed by atoms with Gasteiger partial charge in [-0.1, -0.05) is 30.3 Å². The Bertz CT molecular complexity index is 498. The number of carbonyl (C=O) groups is 2. The molecule has 1 aromatic rings. The van der Waals surface area contributed by atoms with Crippen molar-refractivity contribution < 1.29 is 19.4 Å². The molecule has 1 aliphatic heterocycles. The number of aliphatic carboxylic acids is 1. The first-order valence-corrected chi connectivity index (χ1v) is 6.92. The summed E-state index contributed by atoms with van der Waals surface area (Å²) in [6.07, 6.45) is 0.583. The highest BCUT2D eigenvalue weighted by molar-refractivity contribution is 5.76. The molecule has 6 nitrogen and oxygen atoms in total. The molecule has 0 aromatic heterocycles. The molecule has 6 heteroatoms. The molecule has 2 unspecified atom stereocenters. The predicted octanol–water partition coefficient (Wildman–Crippen LogP) is 1.68. The molecule has 2 rings (SSSR count). The Balaban J connectivity index is 2.01. The quantitative estimate of drug-likeness (QED) is 0.770. The number of carboxylic acid groups (broad SMARTS) is 1. The lowest BCUT2D eigenvalue weighted by Crippen LogP contribution is -2.51. The Morgan fingerprint density at radius 3 is 2.67 bits per heavy atom. The first-order chi connectivity index (χ1) is 9.98. The Morgan fingerprint density at radius 1 is 1.38 bits per heavy atom. The third-order valence-corrected chi connectivity index (χ3v) is 3.52. The molecule has 0 bridgehead atoms. The highest BCUT2D eigenvalue weighted by atomic mass is 16.5. The third-order valence-electron chi connectivity index (χ3n) is 3.52. The van der Waals surface area contributed by atoms with Crippen molar-refractivity contribution in [2.24, 2.45) is 0 Å². The second-order valence-electron chi connectivity index (χ2n) is 5.52. The van der Waals surface area contributed by atoms with E-state index in [4.69, 9.17) is 9.84 Å². The Labute approximate surface area is 123 Å². The van der Waals surface area contributed by atoms with Crippen LogP contribution in [-0.4, -0.2) is 35.9 Å². The van der Waals surface area contributed by atoms with Crippen LogP contribution in [0.15, 0.2) is 30.3 Å². The molecule has 0 saturated carbocycles. The molecule has 1 saturated heterocycles. The average molecular weight is 292 g/mol. The lowest BCUT2D eigenvalue weighted by Gasteiger charge is -2.26. The molecule has 1 aliphatic rings. The summed E-state index contributed by atoms with van der Waals surface area (Å²) in [5, 5.41) is 14.6. The van der Waals surface area contributed by atoms with Gasteiger partial charge in [-0.25, -0.2) is 4.79 Å². The van der Waals surface area contributed by atoms with E-state index < -0.39 is 17.6 Å². The molecule has 1 heterocycles. The maximum atomic E-state index is 12.1. The smallest absolute Gasteiger partial charge is 0.315 e. The summed E-state index contributed by atoms with van der Waals surface area (Å²) in [5.74, 6) is -0.959. The number of hydrogen-bond donors (Lipinski definition) is 3. The minimum Gasteiger partial charge on any atom is -0.481 e. The third kappa shape index (κ3) is 4.46. The van der Waals surface area contributed by atoms with Gasteiger partial charge in [0.15, 0.2) is 0 Å². The summed E-state index contributed by atoms with van der Waals surface area (Å²) in [6.45, 7) is 3.00. The van der Waals surface area contributed by atoms with Crippen LogP contribution >= 0.6 is 0 Å². The van der Waals surface area contributed by atoms with Gasteiger partial charge in [-0.2, -0.15) is 0 Å². The second-order valence-corrected chi connectivity index (χ2v) is 5.52. The van der Waals surface area contributed by atoms with Gasteiger partial charge in [0, 0.05) is 6.61 Å². The van der Waals surface area contributed by atoms with E-state index >= 15 is 0 Å². The van der Waals surface area contributed by atoms with Gasteiger partial charge >= 0.3 is 12.0 Å². The van der Waals surface area contributed by atoms with Crippen LogP contribution in [0.1, 0.15) is 31.4 Å². The van der Waals surface area contributed by atoms with Crippen LogP contribution in [0.4, 0.5) is 4.79 Å². The maximum absolute atomic E-state index is 12.1. The van der Waals surface area contributed by atoms with E-state index in [0.717, 1.165) is 12.0 Å². The molecule has 114 valence electrons. The summed E-state index contributed by atoms with van der Waals surface area (Å²) < 4.78 is 5.28.